The van der Waals surface area contributed by atoms with E-state index >= 15 is 0 Å². The number of hydrogen-bond donors (Lipinski definition) is 2. The molecular weight excluding hydrogens is 340 g/mol. The maximum atomic E-state index is 6.25. The number of anilines is 1. The molecule has 0 aliphatic carbocycles. The van der Waals surface area contributed by atoms with Crippen molar-refractivity contribution >= 4 is 17.3 Å². The summed E-state index contributed by atoms with van der Waals surface area (Å²) >= 11 is 6.25. The summed E-state index contributed by atoms with van der Waals surface area (Å²) in [5.74, 6) is 2.61. The van der Waals surface area contributed by atoms with E-state index in [0.29, 0.717) is 28.9 Å². The van der Waals surface area contributed by atoms with Gasteiger partial charge in [-0.1, -0.05) is 23.7 Å². The van der Waals surface area contributed by atoms with Crippen LogP contribution in [0.25, 0.3) is 11.4 Å². The first-order chi connectivity index (χ1) is 12.1. The zero-order valence-electron chi connectivity index (χ0n) is 14.3. The van der Waals surface area contributed by atoms with Crippen LogP contribution in [0.2, 0.25) is 5.02 Å². The second kappa shape index (κ2) is 7.44. The van der Waals surface area contributed by atoms with E-state index in [0.717, 1.165) is 22.6 Å². The highest BCUT2D eigenvalue weighted by molar-refractivity contribution is 6.32. The van der Waals surface area contributed by atoms with Crippen molar-refractivity contribution in [2.24, 2.45) is 0 Å². The minimum atomic E-state index is 0.517. The summed E-state index contributed by atoms with van der Waals surface area (Å²) in [6.45, 7) is 2.47. The van der Waals surface area contributed by atoms with E-state index in [1.807, 2.05) is 43.3 Å². The minimum Gasteiger partial charge on any atom is -0.493 e. The third kappa shape index (κ3) is 3.85. The molecule has 0 bridgehead atoms. The summed E-state index contributed by atoms with van der Waals surface area (Å²) in [7, 11) is 3.16. The highest BCUT2D eigenvalue weighted by Crippen LogP contribution is 2.36. The standard InChI is InChI=1S/C18H19ClN4O2/c1-11-21-18(23-22-11)13-5-4-6-14(9-13)20-10-12-7-15(19)17(25-3)16(8-12)24-2/h4-9,20H,10H2,1-3H3,(H,21,22,23). The molecule has 2 N–H and O–H groups in total. The lowest BCUT2D eigenvalue weighted by atomic mass is 10.1. The summed E-state index contributed by atoms with van der Waals surface area (Å²) < 4.78 is 10.6. The molecule has 0 aliphatic rings. The molecule has 0 saturated carbocycles. The fourth-order valence-electron chi connectivity index (χ4n) is 2.52. The molecule has 0 spiro atoms. The van der Waals surface area contributed by atoms with E-state index in [-0.39, 0.29) is 0 Å². The quantitative estimate of drug-likeness (QED) is 0.695. The second-order valence-electron chi connectivity index (χ2n) is 5.49. The van der Waals surface area contributed by atoms with Crippen LogP contribution in [0.4, 0.5) is 5.69 Å². The first kappa shape index (κ1) is 17.1. The van der Waals surface area contributed by atoms with E-state index in [4.69, 9.17) is 21.1 Å². The summed E-state index contributed by atoms with van der Waals surface area (Å²) in [6.07, 6.45) is 0. The van der Waals surface area contributed by atoms with Gasteiger partial charge in [-0.25, -0.2) is 4.98 Å². The number of ether oxygens (including phenoxy) is 2. The number of H-pyrrole nitrogens is 1. The van der Waals surface area contributed by atoms with Crippen molar-refractivity contribution in [3.05, 3.63) is 52.8 Å². The van der Waals surface area contributed by atoms with E-state index < -0.39 is 0 Å². The molecule has 7 heteroatoms. The Labute approximate surface area is 151 Å². The van der Waals surface area contributed by atoms with Crippen molar-refractivity contribution in [3.8, 4) is 22.9 Å². The van der Waals surface area contributed by atoms with Gasteiger partial charge in [0.15, 0.2) is 17.3 Å². The van der Waals surface area contributed by atoms with Crippen LogP contribution in [-0.4, -0.2) is 29.4 Å². The predicted molar refractivity (Wildman–Crippen MR) is 98.4 cm³/mol. The lowest BCUT2D eigenvalue weighted by molar-refractivity contribution is 0.355. The number of aromatic nitrogens is 3. The predicted octanol–water partition coefficient (Wildman–Crippen LogP) is 4.06. The number of halogens is 1. The summed E-state index contributed by atoms with van der Waals surface area (Å²) in [5.41, 5.74) is 2.90. The summed E-state index contributed by atoms with van der Waals surface area (Å²) in [5, 5.41) is 10.9. The molecule has 25 heavy (non-hydrogen) atoms. The van der Waals surface area contributed by atoms with Gasteiger partial charge in [-0.3, -0.25) is 5.10 Å². The maximum absolute atomic E-state index is 6.25. The highest BCUT2D eigenvalue weighted by Gasteiger charge is 2.11. The van der Waals surface area contributed by atoms with Crippen LogP contribution >= 0.6 is 11.6 Å². The molecule has 130 valence electrons. The van der Waals surface area contributed by atoms with Gasteiger partial charge in [0.1, 0.15) is 5.82 Å². The minimum absolute atomic E-state index is 0.517. The molecule has 0 radical (unpaired) electrons. The largest absolute Gasteiger partial charge is 0.493 e. The van der Waals surface area contributed by atoms with Gasteiger partial charge in [-0.05, 0) is 36.8 Å². The summed E-state index contributed by atoms with van der Waals surface area (Å²) in [6, 6.07) is 11.7. The maximum Gasteiger partial charge on any atom is 0.181 e. The smallest absolute Gasteiger partial charge is 0.181 e. The zero-order valence-corrected chi connectivity index (χ0v) is 15.0. The number of hydrogen-bond acceptors (Lipinski definition) is 5. The Bertz CT molecular complexity index is 879. The average Bonchev–Trinajstić information content (AvgIpc) is 3.06. The van der Waals surface area contributed by atoms with E-state index in [1.54, 1.807) is 14.2 Å². The molecule has 2 aromatic carbocycles. The van der Waals surface area contributed by atoms with E-state index in [9.17, 15) is 0 Å². The zero-order chi connectivity index (χ0) is 17.8. The van der Waals surface area contributed by atoms with Crippen molar-refractivity contribution in [2.75, 3.05) is 19.5 Å². The fraction of sp³-hybridized carbons (Fsp3) is 0.222. The number of aromatic amines is 1. The number of aryl methyl sites for hydroxylation is 1. The Morgan fingerprint density at radius 2 is 2.00 bits per heavy atom. The number of rotatable bonds is 6. The van der Waals surface area contributed by atoms with Crippen molar-refractivity contribution in [1.82, 2.24) is 15.2 Å². The van der Waals surface area contributed by atoms with Crippen molar-refractivity contribution in [1.29, 1.82) is 0 Å². The van der Waals surface area contributed by atoms with Gasteiger partial charge in [-0.2, -0.15) is 5.10 Å². The molecule has 0 unspecified atom stereocenters. The first-order valence-corrected chi connectivity index (χ1v) is 8.12. The van der Waals surface area contributed by atoms with E-state index in [2.05, 4.69) is 20.5 Å². The third-order valence-electron chi connectivity index (χ3n) is 3.71. The molecule has 3 aromatic rings. The Kier molecular flexibility index (Phi) is 5.09. The van der Waals surface area contributed by atoms with Crippen LogP contribution in [0, 0.1) is 6.92 Å². The average molecular weight is 359 g/mol. The van der Waals surface area contributed by atoms with Crippen LogP contribution in [0.5, 0.6) is 11.5 Å². The number of methoxy groups -OCH3 is 2. The second-order valence-corrected chi connectivity index (χ2v) is 5.90. The number of benzene rings is 2. The van der Waals surface area contributed by atoms with Gasteiger partial charge in [0.25, 0.3) is 0 Å². The Morgan fingerprint density at radius 3 is 2.68 bits per heavy atom. The van der Waals surface area contributed by atoms with Crippen molar-refractivity contribution in [3.63, 3.8) is 0 Å². The van der Waals surface area contributed by atoms with Gasteiger partial charge in [0.2, 0.25) is 0 Å². The molecule has 3 rings (SSSR count). The molecule has 0 atom stereocenters. The molecule has 6 nitrogen and oxygen atoms in total. The molecular formula is C18H19ClN4O2. The molecule has 0 fully saturated rings. The SMILES string of the molecule is COc1cc(CNc2cccc(-c3n[nH]c(C)n3)c2)cc(Cl)c1OC. The summed E-state index contributed by atoms with van der Waals surface area (Å²) in [4.78, 5) is 4.35. The van der Waals surface area contributed by atoms with Crippen molar-refractivity contribution in [2.45, 2.75) is 13.5 Å². The topological polar surface area (TPSA) is 72.1 Å². The first-order valence-electron chi connectivity index (χ1n) is 7.74. The lowest BCUT2D eigenvalue weighted by Gasteiger charge is -2.13. The van der Waals surface area contributed by atoms with Crippen LogP contribution in [0.1, 0.15) is 11.4 Å². The van der Waals surface area contributed by atoms with Crippen LogP contribution < -0.4 is 14.8 Å². The van der Waals surface area contributed by atoms with Gasteiger partial charge >= 0.3 is 0 Å². The van der Waals surface area contributed by atoms with Gasteiger partial charge in [0, 0.05) is 17.8 Å². The Morgan fingerprint density at radius 1 is 1.16 bits per heavy atom. The lowest BCUT2D eigenvalue weighted by Crippen LogP contribution is -2.01. The number of nitrogens with one attached hydrogen (secondary N) is 2. The van der Waals surface area contributed by atoms with Crippen LogP contribution in [-0.2, 0) is 6.54 Å². The molecule has 1 heterocycles. The number of nitrogens with zero attached hydrogens (tertiary/aromatic N) is 2. The molecule has 0 saturated heterocycles. The van der Waals surface area contributed by atoms with Crippen LogP contribution in [0.3, 0.4) is 0 Å². The van der Waals surface area contributed by atoms with Gasteiger partial charge < -0.3 is 14.8 Å². The van der Waals surface area contributed by atoms with Gasteiger partial charge in [0.05, 0.1) is 19.2 Å². The monoisotopic (exact) mass is 358 g/mol. The molecule has 0 amide bonds. The normalized spacial score (nSPS) is 10.6. The fourth-order valence-corrected chi connectivity index (χ4v) is 2.83. The third-order valence-corrected chi connectivity index (χ3v) is 3.99. The molecule has 1 aromatic heterocycles. The Hall–Kier alpha value is -2.73. The van der Waals surface area contributed by atoms with Crippen molar-refractivity contribution < 1.29 is 9.47 Å². The Balaban J connectivity index is 1.77. The molecule has 0 aliphatic heterocycles. The van der Waals surface area contributed by atoms with E-state index in [1.165, 1.54) is 0 Å². The van der Waals surface area contributed by atoms with Crippen LogP contribution in [0.15, 0.2) is 36.4 Å². The highest BCUT2D eigenvalue weighted by atomic mass is 35.5. The van der Waals surface area contributed by atoms with Gasteiger partial charge in [-0.15, -0.1) is 0 Å².